The van der Waals surface area contributed by atoms with Gasteiger partial charge in [0.25, 0.3) is 11.5 Å². The van der Waals surface area contributed by atoms with Crippen molar-refractivity contribution in [2.75, 3.05) is 19.0 Å². The lowest BCUT2D eigenvalue weighted by molar-refractivity contribution is 0.102. The Kier molecular flexibility index (Phi) is 5.05. The van der Waals surface area contributed by atoms with Crippen molar-refractivity contribution in [3.63, 3.8) is 0 Å². The van der Waals surface area contributed by atoms with Crippen LogP contribution < -0.4 is 15.6 Å². The summed E-state index contributed by atoms with van der Waals surface area (Å²) in [5, 5.41) is 7.39. The maximum Gasteiger partial charge on any atom is 0.298 e. The molecule has 3 rings (SSSR count). The van der Waals surface area contributed by atoms with Gasteiger partial charge >= 0.3 is 0 Å². The molecule has 25 heavy (non-hydrogen) atoms. The van der Waals surface area contributed by atoms with E-state index in [2.05, 4.69) is 15.4 Å². The zero-order chi connectivity index (χ0) is 17.8. The minimum Gasteiger partial charge on any atom is -0.497 e. The second-order valence-corrected chi connectivity index (χ2v) is 6.03. The predicted octanol–water partition coefficient (Wildman–Crippen LogP) is 1.95. The molecule has 1 N–H and O–H groups in total. The van der Waals surface area contributed by atoms with Crippen LogP contribution in [0.3, 0.4) is 0 Å². The SMILES string of the molecule is CCOCc1nn2c(=O)c(NC(=O)c3ccc(OC)cc3)cnc2s1. The van der Waals surface area contributed by atoms with Crippen molar-refractivity contribution in [1.29, 1.82) is 0 Å². The topological polar surface area (TPSA) is 94.8 Å². The Balaban J connectivity index is 1.84. The van der Waals surface area contributed by atoms with Crippen molar-refractivity contribution < 1.29 is 14.3 Å². The molecule has 1 aromatic carbocycles. The summed E-state index contributed by atoms with van der Waals surface area (Å²) in [5.41, 5.74) is 0.0260. The summed E-state index contributed by atoms with van der Waals surface area (Å²) in [4.78, 5) is 29.4. The van der Waals surface area contributed by atoms with Crippen molar-refractivity contribution in [2.24, 2.45) is 0 Å². The zero-order valence-electron chi connectivity index (χ0n) is 13.7. The van der Waals surface area contributed by atoms with E-state index in [9.17, 15) is 9.59 Å². The number of rotatable bonds is 6. The van der Waals surface area contributed by atoms with Crippen LogP contribution in [0.5, 0.6) is 5.75 Å². The summed E-state index contributed by atoms with van der Waals surface area (Å²) in [6.45, 7) is 2.75. The molecule has 0 saturated carbocycles. The predicted molar refractivity (Wildman–Crippen MR) is 93.4 cm³/mol. The maximum absolute atomic E-state index is 12.5. The van der Waals surface area contributed by atoms with Gasteiger partial charge in [0.2, 0.25) is 4.96 Å². The number of anilines is 1. The minimum absolute atomic E-state index is 0.0616. The van der Waals surface area contributed by atoms with E-state index in [4.69, 9.17) is 9.47 Å². The molecule has 9 heteroatoms. The van der Waals surface area contributed by atoms with Gasteiger partial charge in [-0.15, -0.1) is 0 Å². The quantitative estimate of drug-likeness (QED) is 0.722. The van der Waals surface area contributed by atoms with Crippen LogP contribution in [0.2, 0.25) is 0 Å². The third-order valence-corrected chi connectivity index (χ3v) is 4.25. The van der Waals surface area contributed by atoms with Gasteiger partial charge in [0, 0.05) is 12.2 Å². The van der Waals surface area contributed by atoms with Gasteiger partial charge in [-0.3, -0.25) is 9.59 Å². The maximum atomic E-state index is 12.5. The molecule has 0 bridgehead atoms. The molecule has 8 nitrogen and oxygen atoms in total. The van der Waals surface area contributed by atoms with Crippen LogP contribution in [0.1, 0.15) is 22.3 Å². The monoisotopic (exact) mass is 360 g/mol. The number of carbonyl (C=O) groups is 1. The molecule has 0 unspecified atom stereocenters. The first-order valence-electron chi connectivity index (χ1n) is 7.53. The number of amides is 1. The number of aromatic nitrogens is 3. The molecule has 3 aromatic rings. The highest BCUT2D eigenvalue weighted by Gasteiger charge is 2.13. The number of fused-ring (bicyclic) bond motifs is 1. The molecular formula is C16H16N4O4S. The van der Waals surface area contributed by atoms with Gasteiger partial charge in [0.05, 0.1) is 13.3 Å². The Morgan fingerprint density at radius 3 is 2.76 bits per heavy atom. The molecule has 130 valence electrons. The van der Waals surface area contributed by atoms with Gasteiger partial charge in [-0.25, -0.2) is 4.98 Å². The lowest BCUT2D eigenvalue weighted by Gasteiger charge is -2.05. The molecular weight excluding hydrogens is 344 g/mol. The van der Waals surface area contributed by atoms with Crippen molar-refractivity contribution >= 4 is 27.9 Å². The van der Waals surface area contributed by atoms with Crippen LogP contribution in [-0.2, 0) is 11.3 Å². The van der Waals surface area contributed by atoms with E-state index in [0.717, 1.165) is 0 Å². The van der Waals surface area contributed by atoms with Crippen molar-refractivity contribution in [1.82, 2.24) is 14.6 Å². The smallest absolute Gasteiger partial charge is 0.298 e. The van der Waals surface area contributed by atoms with Gasteiger partial charge in [0.1, 0.15) is 23.1 Å². The van der Waals surface area contributed by atoms with Crippen LogP contribution in [0.15, 0.2) is 35.3 Å². The molecule has 2 heterocycles. The molecule has 0 aliphatic carbocycles. The Hall–Kier alpha value is -2.78. The summed E-state index contributed by atoms with van der Waals surface area (Å²) >= 11 is 1.27. The Labute approximate surface area is 147 Å². The number of hydrogen-bond donors (Lipinski definition) is 1. The number of hydrogen-bond acceptors (Lipinski definition) is 7. The van der Waals surface area contributed by atoms with Crippen molar-refractivity contribution in [3.8, 4) is 5.75 Å². The van der Waals surface area contributed by atoms with Crippen molar-refractivity contribution in [2.45, 2.75) is 13.5 Å². The van der Waals surface area contributed by atoms with E-state index in [1.165, 1.54) is 22.0 Å². The second kappa shape index (κ2) is 7.41. The highest BCUT2D eigenvalue weighted by Crippen LogP contribution is 2.15. The zero-order valence-corrected chi connectivity index (χ0v) is 14.5. The first-order chi connectivity index (χ1) is 12.1. The van der Waals surface area contributed by atoms with Crippen LogP contribution >= 0.6 is 11.3 Å². The number of carbonyl (C=O) groups excluding carboxylic acids is 1. The molecule has 0 atom stereocenters. The van der Waals surface area contributed by atoms with Gasteiger partial charge < -0.3 is 14.8 Å². The van der Waals surface area contributed by atoms with Crippen LogP contribution in [0.25, 0.3) is 4.96 Å². The minimum atomic E-state index is -0.439. The normalized spacial score (nSPS) is 10.8. The number of nitrogens with one attached hydrogen (secondary N) is 1. The summed E-state index contributed by atoms with van der Waals surface area (Å²) in [6, 6.07) is 6.56. The Morgan fingerprint density at radius 2 is 2.08 bits per heavy atom. The molecule has 0 radical (unpaired) electrons. The average Bonchev–Trinajstić information content (AvgIpc) is 3.06. The molecule has 0 fully saturated rings. The van der Waals surface area contributed by atoms with E-state index in [0.29, 0.717) is 34.5 Å². The summed E-state index contributed by atoms with van der Waals surface area (Å²) in [6.07, 6.45) is 1.34. The lowest BCUT2D eigenvalue weighted by atomic mass is 10.2. The third-order valence-electron chi connectivity index (χ3n) is 3.36. The molecule has 2 aromatic heterocycles. The number of methoxy groups -OCH3 is 1. The van der Waals surface area contributed by atoms with Gasteiger partial charge in [0.15, 0.2) is 0 Å². The summed E-state index contributed by atoms with van der Waals surface area (Å²) < 4.78 is 11.5. The van der Waals surface area contributed by atoms with Crippen molar-refractivity contribution in [3.05, 3.63) is 51.4 Å². The molecule has 0 aliphatic rings. The standard InChI is InChI=1S/C16H16N4O4S/c1-3-24-9-13-19-20-15(22)12(8-17-16(20)25-13)18-14(21)10-4-6-11(23-2)7-5-10/h4-8H,3,9H2,1-2H3,(H,18,21). The summed E-state index contributed by atoms with van der Waals surface area (Å²) in [5.74, 6) is 0.232. The van der Waals surface area contributed by atoms with Crippen LogP contribution in [-0.4, -0.2) is 34.2 Å². The second-order valence-electron chi connectivity index (χ2n) is 4.99. The van der Waals surface area contributed by atoms with Gasteiger partial charge in [-0.2, -0.15) is 9.61 Å². The first kappa shape index (κ1) is 17.1. The summed E-state index contributed by atoms with van der Waals surface area (Å²) in [7, 11) is 1.55. The average molecular weight is 360 g/mol. The number of ether oxygens (including phenoxy) is 2. The molecule has 1 amide bonds. The first-order valence-corrected chi connectivity index (χ1v) is 8.35. The Bertz CT molecular complexity index is 949. The van der Waals surface area contributed by atoms with E-state index in [-0.39, 0.29) is 5.69 Å². The molecule has 0 aliphatic heterocycles. The van der Waals surface area contributed by atoms with E-state index in [1.807, 2.05) is 6.92 Å². The largest absolute Gasteiger partial charge is 0.497 e. The fraction of sp³-hybridized carbons (Fsp3) is 0.250. The Morgan fingerprint density at radius 1 is 1.32 bits per heavy atom. The lowest BCUT2D eigenvalue weighted by Crippen LogP contribution is -2.23. The fourth-order valence-corrected chi connectivity index (χ4v) is 2.89. The van der Waals surface area contributed by atoms with Gasteiger partial charge in [-0.05, 0) is 31.2 Å². The molecule has 0 spiro atoms. The fourth-order valence-electron chi connectivity index (χ4n) is 2.10. The highest BCUT2D eigenvalue weighted by atomic mass is 32.1. The van der Waals surface area contributed by atoms with Gasteiger partial charge in [-0.1, -0.05) is 11.3 Å². The number of nitrogens with zero attached hydrogens (tertiary/aromatic N) is 3. The van der Waals surface area contributed by atoms with Crippen LogP contribution in [0, 0.1) is 0 Å². The third kappa shape index (κ3) is 3.67. The molecule has 0 saturated heterocycles. The van der Waals surface area contributed by atoms with Crippen LogP contribution in [0.4, 0.5) is 5.69 Å². The highest BCUT2D eigenvalue weighted by molar-refractivity contribution is 7.16. The van der Waals surface area contributed by atoms with E-state index < -0.39 is 11.5 Å². The number of benzene rings is 1. The van der Waals surface area contributed by atoms with E-state index >= 15 is 0 Å². The van der Waals surface area contributed by atoms with E-state index in [1.54, 1.807) is 31.4 Å².